The fourth-order valence-corrected chi connectivity index (χ4v) is 4.55. The van der Waals surface area contributed by atoms with E-state index in [9.17, 15) is 8.42 Å². The molecule has 0 radical (unpaired) electrons. The van der Waals surface area contributed by atoms with Crippen LogP contribution in [0.3, 0.4) is 0 Å². The third kappa shape index (κ3) is 4.15. The molecule has 1 heterocycles. The van der Waals surface area contributed by atoms with Crippen LogP contribution >= 0.6 is 0 Å². The van der Waals surface area contributed by atoms with E-state index >= 15 is 0 Å². The first-order valence-corrected chi connectivity index (χ1v) is 8.92. The molecule has 19 heavy (non-hydrogen) atoms. The molecule has 6 heteroatoms. The summed E-state index contributed by atoms with van der Waals surface area (Å²) in [6.45, 7) is 4.13. The molecule has 0 unspecified atom stereocenters. The van der Waals surface area contributed by atoms with Gasteiger partial charge in [0.05, 0.1) is 0 Å². The smallest absolute Gasteiger partial charge is 0.279 e. The monoisotopic (exact) mass is 289 g/mol. The molecule has 2 rings (SSSR count). The van der Waals surface area contributed by atoms with Gasteiger partial charge < -0.3 is 5.73 Å². The van der Waals surface area contributed by atoms with E-state index in [4.69, 9.17) is 5.73 Å². The molecule has 0 amide bonds. The van der Waals surface area contributed by atoms with Crippen molar-refractivity contribution in [3.05, 3.63) is 0 Å². The minimum atomic E-state index is -3.29. The van der Waals surface area contributed by atoms with Crippen molar-refractivity contribution in [3.63, 3.8) is 0 Å². The average Bonchev–Trinajstić information content (AvgIpc) is 2.41. The molecule has 1 aliphatic heterocycles. The Hall–Kier alpha value is -0.170. The van der Waals surface area contributed by atoms with Crippen molar-refractivity contribution in [3.8, 4) is 0 Å². The lowest BCUT2D eigenvalue weighted by atomic mass is 9.88. The second kappa shape index (κ2) is 6.52. The fraction of sp³-hybridized carbons (Fsp3) is 1.00. The minimum Gasteiger partial charge on any atom is -0.330 e. The van der Waals surface area contributed by atoms with Gasteiger partial charge in [-0.3, -0.25) is 0 Å². The van der Waals surface area contributed by atoms with Crippen LogP contribution in [-0.2, 0) is 10.2 Å². The number of hydrogen-bond donors (Lipinski definition) is 2. The number of piperidine rings is 1. The van der Waals surface area contributed by atoms with E-state index in [-0.39, 0.29) is 6.04 Å². The quantitative estimate of drug-likeness (QED) is 0.813. The van der Waals surface area contributed by atoms with Gasteiger partial charge in [-0.1, -0.05) is 6.92 Å². The normalized spacial score (nSPS) is 31.5. The molecule has 0 atom stereocenters. The molecule has 112 valence electrons. The number of rotatable bonds is 4. The summed E-state index contributed by atoms with van der Waals surface area (Å²) in [5, 5.41) is 0. The Morgan fingerprint density at radius 3 is 2.21 bits per heavy atom. The minimum absolute atomic E-state index is 0.133. The number of nitrogens with zero attached hydrogens (tertiary/aromatic N) is 1. The first-order chi connectivity index (χ1) is 9.01. The van der Waals surface area contributed by atoms with E-state index in [2.05, 4.69) is 11.6 Å². The highest BCUT2D eigenvalue weighted by Crippen LogP contribution is 2.25. The average molecular weight is 289 g/mol. The lowest BCUT2D eigenvalue weighted by Crippen LogP contribution is -2.49. The van der Waals surface area contributed by atoms with Crippen molar-refractivity contribution in [2.24, 2.45) is 17.6 Å². The van der Waals surface area contributed by atoms with E-state index in [1.165, 1.54) is 0 Å². The maximum absolute atomic E-state index is 12.3. The molecule has 0 spiro atoms. The molecule has 0 aromatic rings. The zero-order valence-electron chi connectivity index (χ0n) is 11.8. The van der Waals surface area contributed by atoms with Crippen LogP contribution in [0.4, 0.5) is 0 Å². The lowest BCUT2D eigenvalue weighted by Gasteiger charge is -2.33. The zero-order valence-corrected chi connectivity index (χ0v) is 12.7. The number of nitrogens with one attached hydrogen (secondary N) is 1. The van der Waals surface area contributed by atoms with E-state index in [0.717, 1.165) is 44.4 Å². The predicted octanol–water partition coefficient (Wildman–Crippen LogP) is 1.07. The molecule has 1 saturated heterocycles. The van der Waals surface area contributed by atoms with Crippen LogP contribution in [0, 0.1) is 11.8 Å². The Bertz CT molecular complexity index is 369. The highest BCUT2D eigenvalue weighted by atomic mass is 32.2. The Morgan fingerprint density at radius 1 is 1.11 bits per heavy atom. The van der Waals surface area contributed by atoms with Crippen molar-refractivity contribution >= 4 is 10.2 Å². The molecule has 1 aliphatic carbocycles. The summed E-state index contributed by atoms with van der Waals surface area (Å²) in [4.78, 5) is 0. The van der Waals surface area contributed by atoms with Gasteiger partial charge >= 0.3 is 0 Å². The zero-order chi connectivity index (χ0) is 13.9. The maximum atomic E-state index is 12.3. The van der Waals surface area contributed by atoms with Gasteiger partial charge in [0.25, 0.3) is 10.2 Å². The van der Waals surface area contributed by atoms with Gasteiger partial charge in [0.15, 0.2) is 0 Å². The third-order valence-corrected chi connectivity index (χ3v) is 6.25. The van der Waals surface area contributed by atoms with Gasteiger partial charge in [0.1, 0.15) is 0 Å². The maximum Gasteiger partial charge on any atom is 0.279 e. The Labute approximate surface area is 117 Å². The summed E-state index contributed by atoms with van der Waals surface area (Å²) in [6.07, 6.45) is 5.97. The van der Waals surface area contributed by atoms with E-state index < -0.39 is 10.2 Å². The van der Waals surface area contributed by atoms with Gasteiger partial charge in [-0.2, -0.15) is 17.4 Å². The Kier molecular flexibility index (Phi) is 5.22. The topological polar surface area (TPSA) is 75.4 Å². The first kappa shape index (κ1) is 15.2. The predicted molar refractivity (Wildman–Crippen MR) is 76.8 cm³/mol. The van der Waals surface area contributed by atoms with Crippen molar-refractivity contribution in [2.75, 3.05) is 19.6 Å². The van der Waals surface area contributed by atoms with Crippen molar-refractivity contribution in [2.45, 2.75) is 51.5 Å². The summed E-state index contributed by atoms with van der Waals surface area (Å²) in [5.41, 5.74) is 5.64. The van der Waals surface area contributed by atoms with Crippen molar-refractivity contribution in [1.29, 1.82) is 0 Å². The van der Waals surface area contributed by atoms with Crippen LogP contribution in [0.5, 0.6) is 0 Å². The van der Waals surface area contributed by atoms with Crippen LogP contribution in [0.1, 0.15) is 45.4 Å². The van der Waals surface area contributed by atoms with Gasteiger partial charge in [-0.15, -0.1) is 0 Å². The second-order valence-corrected chi connectivity index (χ2v) is 7.86. The van der Waals surface area contributed by atoms with Crippen LogP contribution in [0.25, 0.3) is 0 Å². The van der Waals surface area contributed by atoms with Crippen LogP contribution in [-0.4, -0.2) is 38.4 Å². The summed E-state index contributed by atoms with van der Waals surface area (Å²) in [6, 6.07) is 0.133. The van der Waals surface area contributed by atoms with E-state index in [1.807, 2.05) is 0 Å². The summed E-state index contributed by atoms with van der Waals surface area (Å²) >= 11 is 0. The highest BCUT2D eigenvalue weighted by molar-refractivity contribution is 7.87. The van der Waals surface area contributed by atoms with Gasteiger partial charge in [0, 0.05) is 19.1 Å². The van der Waals surface area contributed by atoms with Crippen molar-refractivity contribution < 1.29 is 8.42 Å². The highest BCUT2D eigenvalue weighted by Gasteiger charge is 2.30. The van der Waals surface area contributed by atoms with E-state index in [0.29, 0.717) is 25.6 Å². The number of hydrogen-bond acceptors (Lipinski definition) is 3. The number of nitrogens with two attached hydrogens (primary N) is 1. The van der Waals surface area contributed by atoms with Crippen LogP contribution in [0.2, 0.25) is 0 Å². The molecule has 0 bridgehead atoms. The van der Waals surface area contributed by atoms with Gasteiger partial charge in [0.2, 0.25) is 0 Å². The lowest BCUT2D eigenvalue weighted by molar-refractivity contribution is 0.268. The summed E-state index contributed by atoms with van der Waals surface area (Å²) in [5.74, 6) is 1.23. The molecule has 3 N–H and O–H groups in total. The Balaban J connectivity index is 1.85. The summed E-state index contributed by atoms with van der Waals surface area (Å²) < 4.78 is 29.1. The molecular weight excluding hydrogens is 262 g/mol. The Morgan fingerprint density at radius 2 is 1.68 bits per heavy atom. The first-order valence-electron chi connectivity index (χ1n) is 7.48. The largest absolute Gasteiger partial charge is 0.330 e. The molecule has 2 fully saturated rings. The molecular formula is C13H27N3O2S. The SMILES string of the molecule is CC1CCC(NS(=O)(=O)N2CCC(CN)CC2)CC1. The van der Waals surface area contributed by atoms with Gasteiger partial charge in [-0.05, 0) is 56.9 Å². The fourth-order valence-electron chi connectivity index (χ4n) is 3.05. The molecule has 0 aromatic heterocycles. The van der Waals surface area contributed by atoms with Crippen LogP contribution in [0.15, 0.2) is 0 Å². The third-order valence-electron chi connectivity index (χ3n) is 4.58. The molecule has 2 aliphatic rings. The van der Waals surface area contributed by atoms with Crippen LogP contribution < -0.4 is 10.5 Å². The second-order valence-electron chi connectivity index (χ2n) is 6.16. The standard InChI is InChI=1S/C13H27N3O2S/c1-11-2-4-13(5-3-11)15-19(17,18)16-8-6-12(10-14)7-9-16/h11-13,15H,2-10,14H2,1H3. The van der Waals surface area contributed by atoms with Gasteiger partial charge in [-0.25, -0.2) is 0 Å². The van der Waals surface area contributed by atoms with E-state index in [1.54, 1.807) is 4.31 Å². The molecule has 0 aromatic carbocycles. The summed E-state index contributed by atoms with van der Waals surface area (Å²) in [7, 11) is -3.29. The molecule has 5 nitrogen and oxygen atoms in total. The van der Waals surface area contributed by atoms with Crippen molar-refractivity contribution in [1.82, 2.24) is 9.03 Å². The molecule has 1 saturated carbocycles.